The second kappa shape index (κ2) is 15.9. The molecule has 2 aliphatic carbocycles. The predicted molar refractivity (Wildman–Crippen MR) is 179 cm³/mol. The van der Waals surface area contributed by atoms with E-state index in [1.54, 1.807) is 0 Å². The van der Waals surface area contributed by atoms with Crippen LogP contribution in [-0.4, -0.2) is 92.0 Å². The lowest BCUT2D eigenvalue weighted by molar-refractivity contribution is -0.138. The summed E-state index contributed by atoms with van der Waals surface area (Å²) in [5, 5.41) is 52.9. The summed E-state index contributed by atoms with van der Waals surface area (Å²) < 4.78 is 6.24. The van der Waals surface area contributed by atoms with Crippen LogP contribution in [0.25, 0.3) is 11.1 Å². The zero-order valence-electron chi connectivity index (χ0n) is 26.8. The summed E-state index contributed by atoms with van der Waals surface area (Å²) in [4.78, 5) is 18.4. The predicted octanol–water partition coefficient (Wildman–Crippen LogP) is 3.33. The summed E-state index contributed by atoms with van der Waals surface area (Å²) in [6.45, 7) is -0.376. The molecule has 254 valence electrons. The maximum absolute atomic E-state index is 12.6. The minimum Gasteiger partial charge on any atom is -0.490 e. The Bertz CT molecular complexity index is 1500. The number of hydrogen-bond donors (Lipinski definition) is 6. The lowest BCUT2D eigenvalue weighted by atomic mass is 9.94. The first kappa shape index (κ1) is 35.2. The fraction of sp³-hybridized carbons (Fsp3) is 0.500. The fourth-order valence-electron chi connectivity index (χ4n) is 5.87. The first-order valence-corrected chi connectivity index (χ1v) is 16.8. The number of nitrogens with one attached hydrogen (secondary N) is 1. The van der Waals surface area contributed by atoms with Crippen LogP contribution < -0.4 is 10.1 Å². The Hall–Kier alpha value is -3.09. The topological polar surface area (TPSA) is 156 Å². The molecular weight excluding hydrogens is 622 g/mol. The van der Waals surface area contributed by atoms with Gasteiger partial charge in [-0.25, -0.2) is 0 Å². The van der Waals surface area contributed by atoms with Crippen LogP contribution in [-0.2, 0) is 23.3 Å². The number of rotatable bonds is 18. The van der Waals surface area contributed by atoms with Crippen molar-refractivity contribution in [1.82, 2.24) is 15.2 Å². The normalized spacial score (nSPS) is 17.9. The van der Waals surface area contributed by atoms with E-state index in [9.17, 15) is 25.2 Å². The van der Waals surface area contributed by atoms with E-state index in [2.05, 4.69) is 28.5 Å². The molecule has 0 spiro atoms. The van der Waals surface area contributed by atoms with Crippen LogP contribution in [0.2, 0.25) is 5.02 Å². The number of amides is 1. The third-order valence-corrected chi connectivity index (χ3v) is 9.50. The van der Waals surface area contributed by atoms with Gasteiger partial charge in [0.05, 0.1) is 12.7 Å². The van der Waals surface area contributed by atoms with Gasteiger partial charge in [0.1, 0.15) is 30.2 Å². The highest BCUT2D eigenvalue weighted by atomic mass is 35.5. The Balaban J connectivity index is 1.13. The average molecular weight is 668 g/mol. The largest absolute Gasteiger partial charge is 0.490 e. The Morgan fingerprint density at radius 1 is 1.04 bits per heavy atom. The number of aromatic nitrogens is 1. The molecule has 1 amide bonds. The van der Waals surface area contributed by atoms with Gasteiger partial charge in [-0.3, -0.25) is 9.78 Å². The molecule has 11 heteroatoms. The van der Waals surface area contributed by atoms with Crippen molar-refractivity contribution in [3.05, 3.63) is 82.6 Å². The third kappa shape index (κ3) is 9.08. The summed E-state index contributed by atoms with van der Waals surface area (Å²) in [7, 11) is 1.51. The summed E-state index contributed by atoms with van der Waals surface area (Å²) >= 11 is 6.64. The van der Waals surface area contributed by atoms with Crippen molar-refractivity contribution in [2.75, 3.05) is 20.2 Å². The minimum atomic E-state index is -1.73. The smallest absolute Gasteiger partial charge is 0.222 e. The lowest BCUT2D eigenvalue weighted by Gasteiger charge is -2.28. The molecule has 3 aromatic rings. The standard InChI is InChI=1S/C36H46ClN3O7/c1-40(21-30(42)34(45)35(46)31(43)22-41)33(44)9-5-2-6-23-10-13-29(37)24(18-23)19-39-36(15-16-36)28-20-38-17-14-26(28)27-7-3-4-8-32(27)47-25-11-12-25/h3-4,7-8,10,13-14,17-18,20,25,30-31,34-35,39,41-43,45-46H,2,5-6,9,11-12,15-16,19,21-22H2,1H3/t30-,31+,34+,35+/m0/s1. The molecule has 2 aromatic carbocycles. The van der Waals surface area contributed by atoms with E-state index in [0.29, 0.717) is 24.1 Å². The van der Waals surface area contributed by atoms with E-state index in [1.807, 2.05) is 42.7 Å². The molecule has 47 heavy (non-hydrogen) atoms. The van der Waals surface area contributed by atoms with Crippen molar-refractivity contribution in [1.29, 1.82) is 0 Å². The van der Waals surface area contributed by atoms with Gasteiger partial charge in [-0.1, -0.05) is 41.9 Å². The van der Waals surface area contributed by atoms with Crippen molar-refractivity contribution in [3.63, 3.8) is 0 Å². The Labute approximate surface area is 281 Å². The number of carbonyl (C=O) groups excluding carboxylic acids is 1. The highest BCUT2D eigenvalue weighted by Crippen LogP contribution is 2.50. The van der Waals surface area contributed by atoms with Crippen molar-refractivity contribution >= 4 is 17.5 Å². The number of benzene rings is 2. The zero-order chi connectivity index (χ0) is 33.6. The Morgan fingerprint density at radius 2 is 1.79 bits per heavy atom. The van der Waals surface area contributed by atoms with E-state index < -0.39 is 31.0 Å². The molecule has 0 radical (unpaired) electrons. The van der Waals surface area contributed by atoms with Gasteiger partial charge in [0, 0.05) is 55.1 Å². The number of ether oxygens (including phenoxy) is 1. The maximum atomic E-state index is 12.6. The minimum absolute atomic E-state index is 0.192. The Morgan fingerprint density at radius 3 is 2.51 bits per heavy atom. The highest BCUT2D eigenvalue weighted by molar-refractivity contribution is 6.31. The van der Waals surface area contributed by atoms with Crippen LogP contribution in [0.1, 0.15) is 61.6 Å². The molecule has 0 bridgehead atoms. The SMILES string of the molecule is CN(C[C@H](O)[C@@H](O)[C@H](O)[C@H](O)CO)C(=O)CCCCc1ccc(Cl)c(CNC2(c3cnccc3-c3ccccc3OC3CC3)CC2)c1. The summed E-state index contributed by atoms with van der Waals surface area (Å²) in [5.41, 5.74) is 5.32. The van der Waals surface area contributed by atoms with Crippen LogP contribution in [0.4, 0.5) is 0 Å². The van der Waals surface area contributed by atoms with Gasteiger partial charge in [-0.2, -0.15) is 0 Å². The third-order valence-electron chi connectivity index (χ3n) is 9.13. The number of aliphatic hydroxyl groups excluding tert-OH is 5. The van der Waals surface area contributed by atoms with Gasteiger partial charge in [0.2, 0.25) is 5.91 Å². The van der Waals surface area contributed by atoms with Crippen molar-refractivity contribution in [2.45, 2.75) is 94.0 Å². The number of hydrogen-bond acceptors (Lipinski definition) is 9. The average Bonchev–Trinajstić information content (AvgIpc) is 4.03. The molecular formula is C36H46ClN3O7. The second-order valence-corrected chi connectivity index (χ2v) is 13.3. The molecule has 6 N–H and O–H groups in total. The molecule has 1 aromatic heterocycles. The van der Waals surface area contributed by atoms with Gasteiger partial charge in [0.15, 0.2) is 0 Å². The first-order valence-electron chi connectivity index (χ1n) is 16.4. The summed E-state index contributed by atoms with van der Waals surface area (Å²) in [5.74, 6) is 0.703. The van der Waals surface area contributed by atoms with E-state index in [4.69, 9.17) is 21.4 Å². The van der Waals surface area contributed by atoms with Crippen molar-refractivity contribution < 1.29 is 35.1 Å². The van der Waals surface area contributed by atoms with Gasteiger partial charge in [-0.05, 0) is 85.4 Å². The molecule has 0 aliphatic heterocycles. The van der Waals surface area contributed by atoms with Crippen LogP contribution in [0, 0.1) is 0 Å². The molecule has 5 rings (SSSR count). The number of carbonyl (C=O) groups is 1. The highest BCUT2D eigenvalue weighted by Gasteiger charge is 2.46. The molecule has 1 heterocycles. The van der Waals surface area contributed by atoms with Gasteiger partial charge >= 0.3 is 0 Å². The van der Waals surface area contributed by atoms with Crippen molar-refractivity contribution in [2.24, 2.45) is 0 Å². The number of nitrogens with zero attached hydrogens (tertiary/aromatic N) is 2. The first-order chi connectivity index (χ1) is 22.6. The number of para-hydroxylation sites is 1. The van der Waals surface area contributed by atoms with Crippen LogP contribution >= 0.6 is 11.6 Å². The fourth-order valence-corrected chi connectivity index (χ4v) is 6.05. The molecule has 2 fully saturated rings. The molecule has 10 nitrogen and oxygen atoms in total. The molecule has 0 unspecified atom stereocenters. The Kier molecular flexibility index (Phi) is 11.9. The number of halogens is 1. The van der Waals surface area contributed by atoms with Gasteiger partial charge in [-0.15, -0.1) is 0 Å². The summed E-state index contributed by atoms with van der Waals surface area (Å²) in [6.07, 6.45) is 4.23. The van der Waals surface area contributed by atoms with E-state index >= 15 is 0 Å². The molecule has 2 saturated carbocycles. The van der Waals surface area contributed by atoms with Gasteiger partial charge in [0.25, 0.3) is 0 Å². The summed E-state index contributed by atoms with van der Waals surface area (Å²) in [6, 6.07) is 16.3. The molecule has 0 saturated heterocycles. The van der Waals surface area contributed by atoms with Crippen LogP contribution in [0.3, 0.4) is 0 Å². The van der Waals surface area contributed by atoms with Crippen LogP contribution in [0.15, 0.2) is 60.9 Å². The molecule has 2 aliphatic rings. The van der Waals surface area contributed by atoms with E-state index in [1.165, 1.54) is 11.9 Å². The number of likely N-dealkylation sites (N-methyl/N-ethyl adjacent to an activating group) is 1. The van der Waals surface area contributed by atoms with E-state index in [-0.39, 0.29) is 24.4 Å². The number of unbranched alkanes of at least 4 members (excludes halogenated alkanes) is 1. The second-order valence-electron chi connectivity index (χ2n) is 12.9. The quantitative estimate of drug-likeness (QED) is 0.112. The number of aryl methyl sites for hydroxylation is 1. The number of pyridine rings is 1. The van der Waals surface area contributed by atoms with E-state index in [0.717, 1.165) is 72.1 Å². The molecule has 4 atom stereocenters. The van der Waals surface area contributed by atoms with Gasteiger partial charge < -0.3 is 40.5 Å². The number of aliphatic hydroxyl groups is 5. The monoisotopic (exact) mass is 667 g/mol. The zero-order valence-corrected chi connectivity index (χ0v) is 27.5. The van der Waals surface area contributed by atoms with Crippen LogP contribution in [0.5, 0.6) is 5.75 Å². The van der Waals surface area contributed by atoms with Crippen molar-refractivity contribution in [3.8, 4) is 16.9 Å². The maximum Gasteiger partial charge on any atom is 0.222 e. The lowest BCUT2D eigenvalue weighted by Crippen LogP contribution is -2.49.